The standard InChI is InChI=1S/C20H25NO4/c1-23-15-18-10-11-19(25-18)20(22)21-12-13-24-17(14-21)9-5-8-16-6-3-2-4-7-16/h2-4,6-7,10-11,17H,5,8-9,12-15H2,1H3. The third kappa shape index (κ3) is 4.94. The average molecular weight is 343 g/mol. The normalized spacial score (nSPS) is 17.6. The maximum Gasteiger partial charge on any atom is 0.289 e. The monoisotopic (exact) mass is 343 g/mol. The van der Waals surface area contributed by atoms with Gasteiger partial charge >= 0.3 is 0 Å². The number of carbonyl (C=O) groups excluding carboxylic acids is 1. The summed E-state index contributed by atoms with van der Waals surface area (Å²) < 4.78 is 16.4. The van der Waals surface area contributed by atoms with E-state index in [-0.39, 0.29) is 12.0 Å². The molecule has 2 aromatic rings. The van der Waals surface area contributed by atoms with Crippen LogP contribution in [0.3, 0.4) is 0 Å². The Kier molecular flexibility index (Phi) is 6.25. The molecule has 2 heterocycles. The molecule has 3 rings (SSSR count). The molecule has 1 fully saturated rings. The molecule has 5 heteroatoms. The molecular weight excluding hydrogens is 318 g/mol. The number of aryl methyl sites for hydroxylation is 1. The van der Waals surface area contributed by atoms with E-state index in [1.165, 1.54) is 5.56 Å². The first kappa shape index (κ1) is 17.7. The fourth-order valence-electron chi connectivity index (χ4n) is 3.13. The molecular formula is C20H25NO4. The molecule has 0 saturated carbocycles. The summed E-state index contributed by atoms with van der Waals surface area (Å²) in [6, 6.07) is 14.0. The lowest BCUT2D eigenvalue weighted by molar-refractivity contribution is -0.0264. The van der Waals surface area contributed by atoms with E-state index in [2.05, 4.69) is 24.3 Å². The van der Waals surface area contributed by atoms with Crippen LogP contribution >= 0.6 is 0 Å². The third-order valence-electron chi connectivity index (χ3n) is 4.42. The molecule has 1 atom stereocenters. The zero-order valence-corrected chi connectivity index (χ0v) is 14.6. The van der Waals surface area contributed by atoms with Gasteiger partial charge in [-0.25, -0.2) is 0 Å². The van der Waals surface area contributed by atoms with Crippen LogP contribution < -0.4 is 0 Å². The summed E-state index contributed by atoms with van der Waals surface area (Å²) in [6.07, 6.45) is 3.13. The summed E-state index contributed by atoms with van der Waals surface area (Å²) in [4.78, 5) is 14.4. The van der Waals surface area contributed by atoms with Crippen LogP contribution in [0.4, 0.5) is 0 Å². The van der Waals surface area contributed by atoms with Crippen molar-refractivity contribution in [1.29, 1.82) is 0 Å². The molecule has 0 aliphatic carbocycles. The van der Waals surface area contributed by atoms with Gasteiger partial charge in [-0.15, -0.1) is 0 Å². The number of morpholine rings is 1. The third-order valence-corrected chi connectivity index (χ3v) is 4.42. The summed E-state index contributed by atoms with van der Waals surface area (Å²) in [7, 11) is 1.60. The SMILES string of the molecule is COCc1ccc(C(=O)N2CCOC(CCCc3ccccc3)C2)o1. The van der Waals surface area contributed by atoms with E-state index in [4.69, 9.17) is 13.9 Å². The summed E-state index contributed by atoms with van der Waals surface area (Å²) in [5.41, 5.74) is 1.34. The number of amides is 1. The van der Waals surface area contributed by atoms with Crippen molar-refractivity contribution in [3.63, 3.8) is 0 Å². The Bertz CT molecular complexity index is 667. The van der Waals surface area contributed by atoms with Crippen molar-refractivity contribution in [1.82, 2.24) is 4.90 Å². The fraction of sp³-hybridized carbons (Fsp3) is 0.450. The van der Waals surface area contributed by atoms with Crippen LogP contribution in [-0.2, 0) is 22.5 Å². The minimum atomic E-state index is -0.0706. The average Bonchev–Trinajstić information content (AvgIpc) is 3.11. The first-order valence-corrected chi connectivity index (χ1v) is 8.78. The number of furan rings is 1. The van der Waals surface area contributed by atoms with Gasteiger partial charge in [-0.2, -0.15) is 0 Å². The number of carbonyl (C=O) groups is 1. The highest BCUT2D eigenvalue weighted by molar-refractivity contribution is 5.91. The van der Waals surface area contributed by atoms with Crippen molar-refractivity contribution in [3.05, 3.63) is 59.5 Å². The lowest BCUT2D eigenvalue weighted by Crippen LogP contribution is -2.45. The topological polar surface area (TPSA) is 51.9 Å². The van der Waals surface area contributed by atoms with Gasteiger partial charge in [-0.1, -0.05) is 30.3 Å². The Morgan fingerprint density at radius 3 is 2.88 bits per heavy atom. The van der Waals surface area contributed by atoms with Gasteiger partial charge in [0.25, 0.3) is 5.91 Å². The van der Waals surface area contributed by atoms with Crippen molar-refractivity contribution in [2.24, 2.45) is 0 Å². The molecule has 1 amide bonds. The Morgan fingerprint density at radius 2 is 2.08 bits per heavy atom. The molecule has 134 valence electrons. The predicted molar refractivity (Wildman–Crippen MR) is 94.4 cm³/mol. The number of nitrogens with zero attached hydrogens (tertiary/aromatic N) is 1. The largest absolute Gasteiger partial charge is 0.453 e. The Morgan fingerprint density at radius 1 is 1.24 bits per heavy atom. The smallest absolute Gasteiger partial charge is 0.289 e. The highest BCUT2D eigenvalue weighted by Crippen LogP contribution is 2.17. The van der Waals surface area contributed by atoms with Crippen LogP contribution in [0.5, 0.6) is 0 Å². The molecule has 1 aliphatic heterocycles. The quantitative estimate of drug-likeness (QED) is 0.774. The van der Waals surface area contributed by atoms with Crippen molar-refractivity contribution in [3.8, 4) is 0 Å². The van der Waals surface area contributed by atoms with Gasteiger partial charge in [0.05, 0.1) is 12.7 Å². The second kappa shape index (κ2) is 8.83. The van der Waals surface area contributed by atoms with Crippen LogP contribution in [0.1, 0.15) is 34.7 Å². The number of methoxy groups -OCH3 is 1. The van der Waals surface area contributed by atoms with Gasteiger partial charge in [0.15, 0.2) is 5.76 Å². The van der Waals surface area contributed by atoms with Gasteiger partial charge in [0, 0.05) is 20.2 Å². The van der Waals surface area contributed by atoms with E-state index in [1.54, 1.807) is 19.2 Å². The fourth-order valence-corrected chi connectivity index (χ4v) is 3.13. The zero-order chi connectivity index (χ0) is 17.5. The molecule has 1 aromatic carbocycles. The predicted octanol–water partition coefficient (Wildman–Crippen LogP) is 3.29. The van der Waals surface area contributed by atoms with Crippen molar-refractivity contribution in [2.45, 2.75) is 32.0 Å². The summed E-state index contributed by atoms with van der Waals surface area (Å²) in [5.74, 6) is 0.967. The molecule has 0 bridgehead atoms. The minimum Gasteiger partial charge on any atom is -0.453 e. The maximum atomic E-state index is 12.6. The van der Waals surface area contributed by atoms with E-state index in [0.717, 1.165) is 19.3 Å². The molecule has 1 unspecified atom stereocenters. The van der Waals surface area contributed by atoms with Crippen molar-refractivity contribution < 1.29 is 18.7 Å². The van der Waals surface area contributed by atoms with Crippen LogP contribution in [0.25, 0.3) is 0 Å². The second-order valence-electron chi connectivity index (χ2n) is 6.32. The van der Waals surface area contributed by atoms with E-state index < -0.39 is 0 Å². The molecule has 1 aromatic heterocycles. The van der Waals surface area contributed by atoms with E-state index in [9.17, 15) is 4.79 Å². The molecule has 5 nitrogen and oxygen atoms in total. The van der Waals surface area contributed by atoms with Gasteiger partial charge < -0.3 is 18.8 Å². The van der Waals surface area contributed by atoms with Crippen LogP contribution in [-0.4, -0.2) is 43.7 Å². The van der Waals surface area contributed by atoms with Crippen LogP contribution in [0.15, 0.2) is 46.9 Å². The number of hydrogen-bond donors (Lipinski definition) is 0. The van der Waals surface area contributed by atoms with Gasteiger partial charge in [0.1, 0.15) is 12.4 Å². The summed E-state index contributed by atoms with van der Waals surface area (Å²) >= 11 is 0. The Labute approximate surface area is 148 Å². The molecule has 1 aliphatic rings. The Hall–Kier alpha value is -2.11. The molecule has 1 saturated heterocycles. The number of benzene rings is 1. The van der Waals surface area contributed by atoms with Gasteiger partial charge in [-0.3, -0.25) is 4.79 Å². The molecule has 0 radical (unpaired) electrons. The van der Waals surface area contributed by atoms with E-state index >= 15 is 0 Å². The van der Waals surface area contributed by atoms with Crippen LogP contribution in [0.2, 0.25) is 0 Å². The van der Waals surface area contributed by atoms with Gasteiger partial charge in [-0.05, 0) is 37.0 Å². The lowest BCUT2D eigenvalue weighted by Gasteiger charge is -2.32. The summed E-state index contributed by atoms with van der Waals surface area (Å²) in [6.45, 7) is 2.17. The second-order valence-corrected chi connectivity index (χ2v) is 6.32. The highest BCUT2D eigenvalue weighted by Gasteiger charge is 2.26. The molecule has 0 N–H and O–H groups in total. The lowest BCUT2D eigenvalue weighted by atomic mass is 10.1. The first-order chi connectivity index (χ1) is 12.3. The van der Waals surface area contributed by atoms with E-state index in [1.807, 2.05) is 11.0 Å². The number of hydrogen-bond acceptors (Lipinski definition) is 4. The maximum absolute atomic E-state index is 12.6. The molecule has 0 spiro atoms. The Balaban J connectivity index is 1.49. The summed E-state index contributed by atoms with van der Waals surface area (Å²) in [5, 5.41) is 0. The van der Waals surface area contributed by atoms with Crippen molar-refractivity contribution in [2.75, 3.05) is 26.8 Å². The zero-order valence-electron chi connectivity index (χ0n) is 14.6. The highest BCUT2D eigenvalue weighted by atomic mass is 16.5. The van der Waals surface area contributed by atoms with E-state index in [0.29, 0.717) is 37.8 Å². The molecule has 25 heavy (non-hydrogen) atoms. The van der Waals surface area contributed by atoms with Crippen LogP contribution in [0, 0.1) is 0 Å². The number of rotatable bonds is 7. The first-order valence-electron chi connectivity index (χ1n) is 8.78. The number of ether oxygens (including phenoxy) is 2. The van der Waals surface area contributed by atoms with Gasteiger partial charge in [0.2, 0.25) is 0 Å². The minimum absolute atomic E-state index is 0.0706. The van der Waals surface area contributed by atoms with Crippen molar-refractivity contribution >= 4 is 5.91 Å².